The Bertz CT molecular complexity index is 1110. The molecule has 4 rings (SSSR count). The second-order valence-corrected chi connectivity index (χ2v) is 9.81. The van der Waals surface area contributed by atoms with E-state index in [-0.39, 0.29) is 17.6 Å². The summed E-state index contributed by atoms with van der Waals surface area (Å²) in [5, 5.41) is 4.85. The Morgan fingerprint density at radius 3 is 3.03 bits per heavy atom. The summed E-state index contributed by atoms with van der Waals surface area (Å²) in [6, 6.07) is 6.82. The van der Waals surface area contributed by atoms with E-state index in [0.29, 0.717) is 23.8 Å². The average molecular weight is 456 g/mol. The molecule has 3 aromatic rings. The number of fused-ring (bicyclic) bond motifs is 3. The summed E-state index contributed by atoms with van der Waals surface area (Å²) in [5.41, 5.74) is 2.36. The lowest BCUT2D eigenvalue weighted by atomic mass is 9.89. The third kappa shape index (κ3) is 5.07. The molecule has 0 spiro atoms. The monoisotopic (exact) mass is 455 g/mol. The SMILES string of the molecule is CCCOC(=O)c1cccc(NC(=O)CSc2ncnc3sc4c(c23)CCC(C)C4)c1. The molecule has 6 nitrogen and oxygen atoms in total. The molecule has 1 unspecified atom stereocenters. The number of ether oxygens (including phenoxy) is 1. The summed E-state index contributed by atoms with van der Waals surface area (Å²) in [4.78, 5) is 35.9. The molecular formula is C23H25N3O3S2. The van der Waals surface area contributed by atoms with E-state index in [1.165, 1.54) is 28.6 Å². The topological polar surface area (TPSA) is 81.2 Å². The van der Waals surface area contributed by atoms with Crippen molar-refractivity contribution in [2.24, 2.45) is 5.92 Å². The maximum absolute atomic E-state index is 12.6. The highest BCUT2D eigenvalue weighted by Crippen LogP contribution is 2.40. The van der Waals surface area contributed by atoms with Gasteiger partial charge in [0.05, 0.1) is 17.9 Å². The molecule has 1 aromatic carbocycles. The van der Waals surface area contributed by atoms with Gasteiger partial charge < -0.3 is 10.1 Å². The molecule has 0 saturated heterocycles. The summed E-state index contributed by atoms with van der Waals surface area (Å²) in [5.74, 6) is 0.406. The molecule has 1 amide bonds. The highest BCUT2D eigenvalue weighted by molar-refractivity contribution is 8.00. The molecule has 8 heteroatoms. The molecule has 1 aliphatic rings. The highest BCUT2D eigenvalue weighted by Gasteiger charge is 2.23. The summed E-state index contributed by atoms with van der Waals surface area (Å²) in [7, 11) is 0. The fourth-order valence-electron chi connectivity index (χ4n) is 3.69. The summed E-state index contributed by atoms with van der Waals surface area (Å²) in [6.07, 6.45) is 5.67. The fraction of sp³-hybridized carbons (Fsp3) is 0.391. The number of hydrogen-bond donors (Lipinski definition) is 1. The van der Waals surface area contributed by atoms with E-state index in [9.17, 15) is 9.59 Å². The lowest BCUT2D eigenvalue weighted by Gasteiger charge is -2.18. The van der Waals surface area contributed by atoms with Gasteiger partial charge in [-0.05, 0) is 55.4 Å². The Morgan fingerprint density at radius 2 is 2.19 bits per heavy atom. The van der Waals surface area contributed by atoms with Gasteiger partial charge in [0, 0.05) is 16.0 Å². The molecule has 0 radical (unpaired) electrons. The molecule has 0 aliphatic heterocycles. The number of thiophene rings is 1. The van der Waals surface area contributed by atoms with E-state index in [4.69, 9.17) is 4.74 Å². The highest BCUT2D eigenvalue weighted by atomic mass is 32.2. The maximum atomic E-state index is 12.6. The van der Waals surface area contributed by atoms with Crippen molar-refractivity contribution < 1.29 is 14.3 Å². The van der Waals surface area contributed by atoms with Gasteiger partial charge in [-0.3, -0.25) is 4.79 Å². The predicted molar refractivity (Wildman–Crippen MR) is 125 cm³/mol. The minimum atomic E-state index is -0.382. The number of aryl methyl sites for hydroxylation is 1. The third-order valence-electron chi connectivity index (χ3n) is 5.22. The number of aromatic nitrogens is 2. The Hall–Kier alpha value is -2.45. The largest absolute Gasteiger partial charge is 0.462 e. The number of thioether (sulfide) groups is 1. The number of anilines is 1. The van der Waals surface area contributed by atoms with E-state index >= 15 is 0 Å². The molecule has 1 aliphatic carbocycles. The van der Waals surface area contributed by atoms with Crippen LogP contribution in [0.1, 0.15) is 47.5 Å². The number of hydrogen-bond acceptors (Lipinski definition) is 7. The van der Waals surface area contributed by atoms with Gasteiger partial charge >= 0.3 is 5.97 Å². The van der Waals surface area contributed by atoms with E-state index in [0.717, 1.165) is 34.5 Å². The van der Waals surface area contributed by atoms with Crippen molar-refractivity contribution >= 4 is 50.9 Å². The number of rotatable bonds is 7. The van der Waals surface area contributed by atoms with Crippen molar-refractivity contribution in [3.05, 3.63) is 46.6 Å². The minimum absolute atomic E-state index is 0.145. The van der Waals surface area contributed by atoms with Crippen LogP contribution in [-0.2, 0) is 22.4 Å². The molecule has 0 saturated carbocycles. The number of nitrogens with one attached hydrogen (secondary N) is 1. The Morgan fingerprint density at radius 1 is 1.32 bits per heavy atom. The van der Waals surface area contributed by atoms with Crippen LogP contribution in [0.25, 0.3) is 10.2 Å². The van der Waals surface area contributed by atoms with Crippen molar-refractivity contribution in [3.8, 4) is 0 Å². The van der Waals surface area contributed by atoms with Crippen LogP contribution in [0.4, 0.5) is 5.69 Å². The lowest BCUT2D eigenvalue weighted by molar-refractivity contribution is -0.113. The smallest absolute Gasteiger partial charge is 0.338 e. The Kier molecular flexibility index (Phi) is 6.87. The summed E-state index contributed by atoms with van der Waals surface area (Å²) < 4.78 is 5.16. The van der Waals surface area contributed by atoms with E-state index < -0.39 is 0 Å². The van der Waals surface area contributed by atoms with Crippen LogP contribution in [0.3, 0.4) is 0 Å². The van der Waals surface area contributed by atoms with Gasteiger partial charge in [0.1, 0.15) is 16.2 Å². The summed E-state index contributed by atoms with van der Waals surface area (Å²) >= 11 is 3.18. The van der Waals surface area contributed by atoms with Gasteiger partial charge in [-0.2, -0.15) is 0 Å². The molecule has 31 heavy (non-hydrogen) atoms. The molecule has 0 bridgehead atoms. The van der Waals surface area contributed by atoms with Crippen LogP contribution < -0.4 is 5.32 Å². The first kappa shape index (κ1) is 21.8. The van der Waals surface area contributed by atoms with Crippen LogP contribution in [0.5, 0.6) is 0 Å². The van der Waals surface area contributed by atoms with Crippen molar-refractivity contribution in [1.82, 2.24) is 9.97 Å². The number of carbonyl (C=O) groups is 2. The zero-order chi connectivity index (χ0) is 21.8. The molecule has 1 N–H and O–H groups in total. The van der Waals surface area contributed by atoms with Gasteiger partial charge in [-0.15, -0.1) is 11.3 Å². The van der Waals surface area contributed by atoms with Crippen LogP contribution >= 0.6 is 23.1 Å². The van der Waals surface area contributed by atoms with Gasteiger partial charge in [0.25, 0.3) is 0 Å². The fourth-order valence-corrected chi connectivity index (χ4v) is 5.93. The van der Waals surface area contributed by atoms with Gasteiger partial charge in [0.15, 0.2) is 0 Å². The second kappa shape index (κ2) is 9.78. The molecule has 2 heterocycles. The normalized spacial score (nSPS) is 15.5. The van der Waals surface area contributed by atoms with E-state index in [2.05, 4.69) is 22.2 Å². The molecule has 0 fully saturated rings. The van der Waals surface area contributed by atoms with Crippen molar-refractivity contribution in [1.29, 1.82) is 0 Å². The number of nitrogens with zero attached hydrogens (tertiary/aromatic N) is 2. The third-order valence-corrected chi connectivity index (χ3v) is 7.37. The van der Waals surface area contributed by atoms with Crippen LogP contribution in [0.2, 0.25) is 0 Å². The molecule has 2 aromatic heterocycles. The lowest BCUT2D eigenvalue weighted by Crippen LogP contribution is -2.15. The van der Waals surface area contributed by atoms with Crippen molar-refractivity contribution in [2.45, 2.75) is 44.6 Å². The quantitative estimate of drug-likeness (QED) is 0.303. The second-order valence-electron chi connectivity index (χ2n) is 7.76. The standard InChI is InChI=1S/C23H25N3O3S2/c1-3-9-29-23(28)15-5-4-6-16(11-15)26-19(27)12-30-21-20-17-8-7-14(2)10-18(17)31-22(20)25-13-24-21/h4-6,11,13-14H,3,7-10,12H2,1-2H3,(H,26,27). The first-order chi connectivity index (χ1) is 15.0. The van der Waals surface area contributed by atoms with Crippen molar-refractivity contribution in [2.75, 3.05) is 17.7 Å². The number of amides is 1. The zero-order valence-electron chi connectivity index (χ0n) is 17.6. The van der Waals surface area contributed by atoms with Crippen LogP contribution in [-0.4, -0.2) is 34.2 Å². The first-order valence-corrected chi connectivity index (χ1v) is 12.3. The first-order valence-electron chi connectivity index (χ1n) is 10.5. The van der Waals surface area contributed by atoms with Crippen LogP contribution in [0, 0.1) is 5.92 Å². The van der Waals surface area contributed by atoms with Crippen LogP contribution in [0.15, 0.2) is 35.6 Å². The number of carbonyl (C=O) groups excluding carboxylic acids is 2. The number of benzene rings is 1. The zero-order valence-corrected chi connectivity index (χ0v) is 19.3. The van der Waals surface area contributed by atoms with E-state index in [1.54, 1.807) is 41.9 Å². The number of esters is 1. The average Bonchev–Trinajstić information content (AvgIpc) is 3.14. The van der Waals surface area contributed by atoms with Gasteiger partial charge in [0.2, 0.25) is 5.91 Å². The Balaban J connectivity index is 1.43. The summed E-state index contributed by atoms with van der Waals surface area (Å²) in [6.45, 7) is 4.61. The predicted octanol–water partition coefficient (Wildman–Crippen LogP) is 5.11. The minimum Gasteiger partial charge on any atom is -0.462 e. The molecule has 162 valence electrons. The Labute approximate surface area is 189 Å². The van der Waals surface area contributed by atoms with Gasteiger partial charge in [-0.25, -0.2) is 14.8 Å². The molecular weight excluding hydrogens is 430 g/mol. The molecule has 1 atom stereocenters. The van der Waals surface area contributed by atoms with Gasteiger partial charge in [-0.1, -0.05) is 31.7 Å². The van der Waals surface area contributed by atoms with Crippen molar-refractivity contribution in [3.63, 3.8) is 0 Å². The van der Waals surface area contributed by atoms with E-state index in [1.807, 2.05) is 6.92 Å². The maximum Gasteiger partial charge on any atom is 0.338 e.